The summed E-state index contributed by atoms with van der Waals surface area (Å²) in [6, 6.07) is 10.1. The molecule has 1 N–H and O–H groups in total. The van der Waals surface area contributed by atoms with Crippen LogP contribution in [0.2, 0.25) is 0 Å². The molecule has 2 aromatic rings. The van der Waals surface area contributed by atoms with Crippen molar-refractivity contribution in [3.05, 3.63) is 56.4 Å². The Bertz CT molecular complexity index is 578. The first-order valence-corrected chi connectivity index (χ1v) is 9.12. The molecule has 0 saturated heterocycles. The second-order valence-corrected chi connectivity index (χ2v) is 7.50. The summed E-state index contributed by atoms with van der Waals surface area (Å²) in [7, 11) is 0. The summed E-state index contributed by atoms with van der Waals surface area (Å²) in [5, 5.41) is 5.79. The average molecular weight is 368 g/mol. The number of nitrogens with one attached hydrogen (secondary N) is 1. The van der Waals surface area contributed by atoms with Crippen molar-refractivity contribution >= 4 is 27.3 Å². The number of hydrogen-bond donors (Lipinski definition) is 1. The zero-order chi connectivity index (χ0) is 14.7. The van der Waals surface area contributed by atoms with Gasteiger partial charge in [-0.3, -0.25) is 0 Å². The van der Waals surface area contributed by atoms with Gasteiger partial charge in [-0.05, 0) is 63.8 Å². The van der Waals surface area contributed by atoms with Gasteiger partial charge in [0.05, 0.1) is 4.47 Å². The highest BCUT2D eigenvalue weighted by Crippen LogP contribution is 2.37. The van der Waals surface area contributed by atoms with Crippen LogP contribution >= 0.6 is 27.3 Å². The van der Waals surface area contributed by atoms with Crippen LogP contribution in [-0.4, -0.2) is 0 Å². The lowest BCUT2D eigenvalue weighted by molar-refractivity contribution is 0.370. The van der Waals surface area contributed by atoms with Crippen LogP contribution in [0.4, 0.5) is 4.39 Å². The highest BCUT2D eigenvalue weighted by molar-refractivity contribution is 9.10. The molecule has 21 heavy (non-hydrogen) atoms. The van der Waals surface area contributed by atoms with Crippen LogP contribution in [0.3, 0.4) is 0 Å². The molecule has 1 aromatic heterocycles. The Morgan fingerprint density at radius 1 is 1.29 bits per heavy atom. The summed E-state index contributed by atoms with van der Waals surface area (Å²) in [5.41, 5.74) is 0.996. The zero-order valence-electron chi connectivity index (χ0n) is 11.8. The Morgan fingerprint density at radius 3 is 2.76 bits per heavy atom. The number of benzene rings is 1. The lowest BCUT2D eigenvalue weighted by atomic mass is 9.96. The number of rotatable bonds is 5. The van der Waals surface area contributed by atoms with Crippen molar-refractivity contribution in [3.8, 4) is 0 Å². The van der Waals surface area contributed by atoms with Crippen molar-refractivity contribution in [2.75, 3.05) is 0 Å². The molecule has 0 spiro atoms. The van der Waals surface area contributed by atoms with Crippen molar-refractivity contribution in [2.24, 2.45) is 5.92 Å². The zero-order valence-corrected chi connectivity index (χ0v) is 14.2. The Hall–Kier alpha value is -0.710. The molecule has 4 heteroatoms. The van der Waals surface area contributed by atoms with Crippen molar-refractivity contribution in [1.82, 2.24) is 5.32 Å². The van der Waals surface area contributed by atoms with Gasteiger partial charge in [0.15, 0.2) is 0 Å². The normalized spacial score (nSPS) is 17.2. The fourth-order valence-corrected chi connectivity index (χ4v) is 4.28. The van der Waals surface area contributed by atoms with E-state index in [1.165, 1.54) is 30.6 Å². The van der Waals surface area contributed by atoms with Gasteiger partial charge < -0.3 is 5.32 Å². The highest BCUT2D eigenvalue weighted by atomic mass is 79.9. The fourth-order valence-electron chi connectivity index (χ4n) is 3.14. The molecule has 1 fully saturated rings. The first kappa shape index (κ1) is 15.2. The van der Waals surface area contributed by atoms with Crippen molar-refractivity contribution in [3.63, 3.8) is 0 Å². The van der Waals surface area contributed by atoms with Crippen LogP contribution in [0, 0.1) is 11.7 Å². The maximum atomic E-state index is 13.6. The van der Waals surface area contributed by atoms with Crippen LogP contribution in [0.25, 0.3) is 0 Å². The second-order valence-electron chi connectivity index (χ2n) is 5.67. The molecule has 1 aliphatic rings. The molecule has 1 atom stereocenters. The van der Waals surface area contributed by atoms with Crippen LogP contribution in [0.1, 0.15) is 42.2 Å². The van der Waals surface area contributed by atoms with Crippen molar-refractivity contribution < 1.29 is 4.39 Å². The number of hydrogen-bond acceptors (Lipinski definition) is 2. The lowest BCUT2D eigenvalue weighted by Gasteiger charge is -2.24. The molecule has 3 rings (SSSR count). The summed E-state index contributed by atoms with van der Waals surface area (Å²) >= 11 is 5.02. The predicted molar refractivity (Wildman–Crippen MR) is 90.0 cm³/mol. The second kappa shape index (κ2) is 7.03. The predicted octanol–water partition coefficient (Wildman–Crippen LogP) is 5.67. The molecular formula is C17H19BrFNS. The van der Waals surface area contributed by atoms with E-state index in [1.54, 1.807) is 12.1 Å². The molecule has 1 nitrogen and oxygen atoms in total. The van der Waals surface area contributed by atoms with E-state index in [0.29, 0.717) is 23.0 Å². The van der Waals surface area contributed by atoms with E-state index in [0.717, 1.165) is 5.56 Å². The minimum atomic E-state index is -0.192. The first-order valence-electron chi connectivity index (χ1n) is 7.45. The van der Waals surface area contributed by atoms with Gasteiger partial charge in [-0.15, -0.1) is 11.3 Å². The molecule has 0 amide bonds. The molecule has 1 heterocycles. The minimum absolute atomic E-state index is 0.192. The fraction of sp³-hybridized carbons (Fsp3) is 0.412. The smallest absolute Gasteiger partial charge is 0.137 e. The average Bonchev–Trinajstić information content (AvgIpc) is 3.16. The van der Waals surface area contributed by atoms with E-state index in [9.17, 15) is 4.39 Å². The summed E-state index contributed by atoms with van der Waals surface area (Å²) in [6.45, 7) is 0.712. The summed E-state index contributed by atoms with van der Waals surface area (Å²) < 4.78 is 14.1. The third kappa shape index (κ3) is 3.74. The van der Waals surface area contributed by atoms with E-state index in [1.807, 2.05) is 17.4 Å². The van der Waals surface area contributed by atoms with Gasteiger partial charge in [-0.25, -0.2) is 4.39 Å². The topological polar surface area (TPSA) is 12.0 Å². The largest absolute Gasteiger partial charge is 0.305 e. The Balaban J connectivity index is 1.71. The van der Waals surface area contributed by atoms with Gasteiger partial charge in [0, 0.05) is 17.5 Å². The van der Waals surface area contributed by atoms with Crippen molar-refractivity contribution in [2.45, 2.75) is 38.3 Å². The number of halogens is 2. The third-order valence-electron chi connectivity index (χ3n) is 4.23. The lowest BCUT2D eigenvalue weighted by Crippen LogP contribution is -2.26. The van der Waals surface area contributed by atoms with E-state index < -0.39 is 0 Å². The van der Waals surface area contributed by atoms with E-state index in [4.69, 9.17) is 0 Å². The van der Waals surface area contributed by atoms with Gasteiger partial charge in [0.2, 0.25) is 0 Å². The third-order valence-corrected chi connectivity index (χ3v) is 5.83. The first-order chi connectivity index (χ1) is 10.2. The van der Waals surface area contributed by atoms with Gasteiger partial charge in [-0.2, -0.15) is 0 Å². The molecule has 0 bridgehead atoms. The van der Waals surface area contributed by atoms with Crippen molar-refractivity contribution in [1.29, 1.82) is 0 Å². The molecule has 0 aliphatic heterocycles. The Morgan fingerprint density at radius 2 is 2.10 bits per heavy atom. The quantitative estimate of drug-likeness (QED) is 0.717. The Kier molecular flexibility index (Phi) is 5.09. The summed E-state index contributed by atoms with van der Waals surface area (Å²) in [6.07, 6.45) is 5.26. The van der Waals surface area contributed by atoms with Crippen LogP contribution in [0.5, 0.6) is 0 Å². The van der Waals surface area contributed by atoms with Crippen LogP contribution in [0.15, 0.2) is 40.2 Å². The maximum Gasteiger partial charge on any atom is 0.137 e. The van der Waals surface area contributed by atoms with Gasteiger partial charge >= 0.3 is 0 Å². The molecule has 1 aromatic carbocycles. The van der Waals surface area contributed by atoms with E-state index in [2.05, 4.69) is 38.8 Å². The van der Waals surface area contributed by atoms with Gasteiger partial charge in [-0.1, -0.05) is 25.0 Å². The van der Waals surface area contributed by atoms with Gasteiger partial charge in [0.25, 0.3) is 0 Å². The number of thiophene rings is 1. The Labute approximate surface area is 137 Å². The summed E-state index contributed by atoms with van der Waals surface area (Å²) in [5.74, 6) is 0.520. The molecule has 1 unspecified atom stereocenters. The maximum absolute atomic E-state index is 13.6. The molecule has 1 saturated carbocycles. The van der Waals surface area contributed by atoms with E-state index >= 15 is 0 Å². The van der Waals surface area contributed by atoms with E-state index in [-0.39, 0.29) is 5.82 Å². The summed E-state index contributed by atoms with van der Waals surface area (Å²) in [4.78, 5) is 1.40. The molecular weight excluding hydrogens is 349 g/mol. The SMILES string of the molecule is Fc1cc(CNC(c2cccs2)C2CCCC2)ccc1Br. The molecule has 1 aliphatic carbocycles. The van der Waals surface area contributed by atoms with Gasteiger partial charge in [0.1, 0.15) is 5.82 Å². The highest BCUT2D eigenvalue weighted by Gasteiger charge is 2.26. The molecule has 112 valence electrons. The van der Waals surface area contributed by atoms with Crippen LogP contribution in [-0.2, 0) is 6.54 Å². The minimum Gasteiger partial charge on any atom is -0.305 e. The monoisotopic (exact) mass is 367 g/mol. The standard InChI is InChI=1S/C17H19BrFNS/c18-14-8-7-12(10-15(14)19)11-20-17(13-4-1-2-5-13)16-6-3-9-21-16/h3,6-10,13,17,20H,1-2,4-5,11H2. The molecule has 0 radical (unpaired) electrons. The van der Waals surface area contributed by atoms with Crippen LogP contribution < -0.4 is 5.32 Å².